The number of carbonyl (C=O) groups excluding carboxylic acids is 1. The van der Waals surface area contributed by atoms with E-state index in [4.69, 9.17) is 5.73 Å². The second-order valence-electron chi connectivity index (χ2n) is 6.08. The molecule has 2 nitrogen and oxygen atoms in total. The molecule has 1 aliphatic rings. The number of rotatable bonds is 3. The standard InChI is InChI=1S/C23H17NO/c24-21-14-12-19(13-15-21)17-6-4-16(5-7-17)18-8-10-20(11-9-18)22-2-1-3-23(22)25/h1-15H,24H2. The topological polar surface area (TPSA) is 43.1 Å². The van der Waals surface area contributed by atoms with Gasteiger partial charge in [0.2, 0.25) is 0 Å². The van der Waals surface area contributed by atoms with Crippen LogP contribution in [0.2, 0.25) is 0 Å². The highest BCUT2D eigenvalue weighted by atomic mass is 16.1. The molecule has 2 heteroatoms. The molecule has 2 N–H and O–H groups in total. The van der Waals surface area contributed by atoms with Crippen LogP contribution in [0.5, 0.6) is 0 Å². The Morgan fingerprint density at radius 1 is 0.560 bits per heavy atom. The van der Waals surface area contributed by atoms with Crippen LogP contribution in [0.15, 0.2) is 91.0 Å². The molecule has 0 spiro atoms. The monoisotopic (exact) mass is 323 g/mol. The smallest absolute Gasteiger partial charge is 0.186 e. The van der Waals surface area contributed by atoms with Gasteiger partial charge in [0.1, 0.15) is 0 Å². The summed E-state index contributed by atoms with van der Waals surface area (Å²) >= 11 is 0. The first-order valence-corrected chi connectivity index (χ1v) is 8.20. The number of nitrogens with two attached hydrogens (primary N) is 1. The van der Waals surface area contributed by atoms with Crippen molar-refractivity contribution in [3.05, 3.63) is 96.6 Å². The van der Waals surface area contributed by atoms with E-state index >= 15 is 0 Å². The summed E-state index contributed by atoms with van der Waals surface area (Å²) in [5.74, 6) is 0.0700. The summed E-state index contributed by atoms with van der Waals surface area (Å²) in [6.07, 6.45) is 5.25. The van der Waals surface area contributed by atoms with E-state index in [1.165, 1.54) is 0 Å². The van der Waals surface area contributed by atoms with Gasteiger partial charge in [-0.15, -0.1) is 0 Å². The van der Waals surface area contributed by atoms with Gasteiger partial charge in [-0.3, -0.25) is 4.79 Å². The van der Waals surface area contributed by atoms with E-state index < -0.39 is 0 Å². The highest BCUT2D eigenvalue weighted by Crippen LogP contribution is 2.27. The third kappa shape index (κ3) is 3.02. The number of hydrogen-bond donors (Lipinski definition) is 1. The Hall–Kier alpha value is -3.39. The fraction of sp³-hybridized carbons (Fsp3) is 0. The minimum atomic E-state index is 0.0700. The van der Waals surface area contributed by atoms with Crippen LogP contribution in [0.3, 0.4) is 0 Å². The third-order valence-corrected chi connectivity index (χ3v) is 4.43. The fourth-order valence-corrected chi connectivity index (χ4v) is 3.02. The van der Waals surface area contributed by atoms with E-state index in [1.54, 1.807) is 12.2 Å². The maximum Gasteiger partial charge on any atom is 0.186 e. The Kier molecular flexibility index (Phi) is 3.79. The van der Waals surface area contributed by atoms with Crippen LogP contribution in [0.1, 0.15) is 5.56 Å². The SMILES string of the molecule is Nc1ccc(-c2ccc(-c3ccc(C4=CC=CC4=O)cc3)cc2)cc1. The predicted molar refractivity (Wildman–Crippen MR) is 104 cm³/mol. The number of ketones is 1. The summed E-state index contributed by atoms with van der Waals surface area (Å²) in [7, 11) is 0. The molecule has 0 saturated heterocycles. The van der Waals surface area contributed by atoms with Crippen LogP contribution in [-0.4, -0.2) is 5.78 Å². The molecule has 0 aromatic heterocycles. The van der Waals surface area contributed by atoms with E-state index in [0.29, 0.717) is 0 Å². The van der Waals surface area contributed by atoms with Crippen LogP contribution in [0, 0.1) is 0 Å². The van der Waals surface area contributed by atoms with Gasteiger partial charge in [0, 0.05) is 11.3 Å². The lowest BCUT2D eigenvalue weighted by molar-refractivity contribution is -0.109. The molecule has 0 unspecified atom stereocenters. The van der Waals surface area contributed by atoms with Crippen molar-refractivity contribution in [3.63, 3.8) is 0 Å². The highest BCUT2D eigenvalue weighted by molar-refractivity contribution is 6.28. The molecule has 0 amide bonds. The molecule has 0 atom stereocenters. The second-order valence-corrected chi connectivity index (χ2v) is 6.08. The summed E-state index contributed by atoms with van der Waals surface area (Å²) < 4.78 is 0. The zero-order chi connectivity index (χ0) is 17.2. The molecule has 1 aliphatic carbocycles. The molecule has 0 heterocycles. The number of carbonyl (C=O) groups is 1. The van der Waals surface area contributed by atoms with Gasteiger partial charge in [0.25, 0.3) is 0 Å². The lowest BCUT2D eigenvalue weighted by Gasteiger charge is -2.07. The quantitative estimate of drug-likeness (QED) is 0.679. The van der Waals surface area contributed by atoms with Gasteiger partial charge in [-0.1, -0.05) is 72.8 Å². The molecule has 0 bridgehead atoms. The lowest BCUT2D eigenvalue weighted by Crippen LogP contribution is -1.93. The second kappa shape index (κ2) is 6.25. The Morgan fingerprint density at radius 2 is 0.960 bits per heavy atom. The van der Waals surface area contributed by atoms with Crippen molar-refractivity contribution in [1.82, 2.24) is 0 Å². The Bertz CT molecular complexity index is 976. The molecule has 25 heavy (non-hydrogen) atoms. The first-order valence-electron chi connectivity index (χ1n) is 8.20. The van der Waals surface area contributed by atoms with E-state index in [-0.39, 0.29) is 5.78 Å². The molecule has 4 rings (SSSR count). The summed E-state index contributed by atoms with van der Waals surface area (Å²) in [6.45, 7) is 0. The summed E-state index contributed by atoms with van der Waals surface area (Å²) in [5, 5.41) is 0. The van der Waals surface area contributed by atoms with E-state index in [0.717, 1.165) is 39.1 Å². The van der Waals surface area contributed by atoms with Crippen molar-refractivity contribution in [2.45, 2.75) is 0 Å². The van der Waals surface area contributed by atoms with Gasteiger partial charge in [0.05, 0.1) is 0 Å². The maximum atomic E-state index is 11.8. The van der Waals surface area contributed by atoms with Crippen LogP contribution < -0.4 is 5.73 Å². The molecule has 0 aliphatic heterocycles. The van der Waals surface area contributed by atoms with Crippen molar-refractivity contribution in [1.29, 1.82) is 0 Å². The van der Waals surface area contributed by atoms with Gasteiger partial charge in [0.15, 0.2) is 5.78 Å². The number of allylic oxidation sites excluding steroid dienone is 4. The average molecular weight is 323 g/mol. The lowest BCUT2D eigenvalue weighted by atomic mass is 9.97. The Morgan fingerprint density at radius 3 is 1.36 bits per heavy atom. The number of benzene rings is 3. The van der Waals surface area contributed by atoms with E-state index in [9.17, 15) is 4.79 Å². The third-order valence-electron chi connectivity index (χ3n) is 4.43. The molecule has 0 radical (unpaired) electrons. The van der Waals surface area contributed by atoms with Gasteiger partial charge >= 0.3 is 0 Å². The fourth-order valence-electron chi connectivity index (χ4n) is 3.02. The van der Waals surface area contributed by atoms with Crippen molar-refractivity contribution in [2.24, 2.45) is 0 Å². The normalized spacial score (nSPS) is 13.1. The van der Waals surface area contributed by atoms with Gasteiger partial charge in [-0.05, 0) is 46.0 Å². The minimum Gasteiger partial charge on any atom is -0.399 e. The largest absolute Gasteiger partial charge is 0.399 e. The van der Waals surface area contributed by atoms with Crippen LogP contribution in [-0.2, 0) is 4.79 Å². The van der Waals surface area contributed by atoms with E-state index in [1.807, 2.05) is 42.5 Å². The van der Waals surface area contributed by atoms with Crippen molar-refractivity contribution >= 4 is 17.0 Å². The molecular weight excluding hydrogens is 306 g/mol. The Balaban J connectivity index is 1.58. The van der Waals surface area contributed by atoms with Crippen LogP contribution in [0.25, 0.3) is 27.8 Å². The molecule has 0 saturated carbocycles. The molecule has 3 aromatic rings. The maximum absolute atomic E-state index is 11.8. The number of nitrogen functional groups attached to an aromatic ring is 1. The summed E-state index contributed by atoms with van der Waals surface area (Å²) in [4.78, 5) is 11.8. The molecule has 120 valence electrons. The number of hydrogen-bond acceptors (Lipinski definition) is 2. The van der Waals surface area contributed by atoms with Crippen LogP contribution in [0.4, 0.5) is 5.69 Å². The first-order chi connectivity index (χ1) is 12.2. The van der Waals surface area contributed by atoms with Crippen molar-refractivity contribution < 1.29 is 4.79 Å². The molecule has 0 fully saturated rings. The summed E-state index contributed by atoms with van der Waals surface area (Å²) in [5.41, 5.74) is 12.8. The zero-order valence-corrected chi connectivity index (χ0v) is 13.6. The summed E-state index contributed by atoms with van der Waals surface area (Å²) in [6, 6.07) is 24.4. The van der Waals surface area contributed by atoms with Crippen molar-refractivity contribution in [2.75, 3.05) is 5.73 Å². The Labute approximate surface area is 146 Å². The van der Waals surface area contributed by atoms with E-state index in [2.05, 4.69) is 36.4 Å². The first kappa shape index (κ1) is 15.2. The molecular formula is C23H17NO. The average Bonchev–Trinajstić information content (AvgIpc) is 3.09. The predicted octanol–water partition coefficient (Wildman–Crippen LogP) is 5.13. The van der Waals surface area contributed by atoms with Crippen molar-refractivity contribution in [3.8, 4) is 22.3 Å². The molecule has 3 aromatic carbocycles. The highest BCUT2D eigenvalue weighted by Gasteiger charge is 2.12. The van der Waals surface area contributed by atoms with Crippen LogP contribution >= 0.6 is 0 Å². The minimum absolute atomic E-state index is 0.0700. The zero-order valence-electron chi connectivity index (χ0n) is 13.6. The van der Waals surface area contributed by atoms with Gasteiger partial charge < -0.3 is 5.73 Å². The number of anilines is 1. The van der Waals surface area contributed by atoms with Gasteiger partial charge in [-0.2, -0.15) is 0 Å². The van der Waals surface area contributed by atoms with Gasteiger partial charge in [-0.25, -0.2) is 0 Å².